The maximum absolute atomic E-state index is 14.2. The summed E-state index contributed by atoms with van der Waals surface area (Å²) < 4.78 is 19.7. The van der Waals surface area contributed by atoms with Crippen LogP contribution in [-0.2, 0) is 20.6 Å². The van der Waals surface area contributed by atoms with Gasteiger partial charge in [-0.1, -0.05) is 44.2 Å². The fraction of sp³-hybridized carbons (Fsp3) is 0.381. The van der Waals surface area contributed by atoms with Crippen LogP contribution in [0, 0.1) is 11.7 Å². The molecule has 2 bridgehead atoms. The van der Waals surface area contributed by atoms with Gasteiger partial charge in [-0.15, -0.1) is 0 Å². The highest BCUT2D eigenvalue weighted by molar-refractivity contribution is 5.93. The van der Waals surface area contributed by atoms with Crippen LogP contribution in [0.4, 0.5) is 4.39 Å². The third-order valence-electron chi connectivity index (χ3n) is 5.95. The first-order valence-electron chi connectivity index (χ1n) is 8.75. The van der Waals surface area contributed by atoms with Crippen LogP contribution in [0.15, 0.2) is 42.5 Å². The first-order valence-corrected chi connectivity index (χ1v) is 8.75. The highest BCUT2D eigenvalue weighted by Crippen LogP contribution is 2.65. The normalized spacial score (nSPS) is 26.6. The summed E-state index contributed by atoms with van der Waals surface area (Å²) in [4.78, 5) is 15.3. The Bertz CT molecular complexity index is 878. The average Bonchev–Trinajstić information content (AvgIpc) is 2.95. The molecule has 0 radical (unpaired) electrons. The van der Waals surface area contributed by atoms with Crippen molar-refractivity contribution in [1.82, 2.24) is 4.90 Å². The maximum Gasteiger partial charge on any atom is 0.335 e. The van der Waals surface area contributed by atoms with E-state index in [-0.39, 0.29) is 17.7 Å². The molecule has 0 aliphatic carbocycles. The van der Waals surface area contributed by atoms with Crippen LogP contribution >= 0.6 is 0 Å². The topological polar surface area (TPSA) is 29.5 Å². The lowest BCUT2D eigenvalue weighted by molar-refractivity contribution is -0.155. The third kappa shape index (κ3) is 1.61. The second-order valence-corrected chi connectivity index (χ2v) is 7.15. The van der Waals surface area contributed by atoms with E-state index in [9.17, 15) is 9.18 Å². The fourth-order valence-corrected chi connectivity index (χ4v) is 5.16. The van der Waals surface area contributed by atoms with Gasteiger partial charge in [0, 0.05) is 0 Å². The van der Waals surface area contributed by atoms with Gasteiger partial charge in [-0.2, -0.15) is 0 Å². The molecule has 2 heterocycles. The zero-order valence-electron chi connectivity index (χ0n) is 15.0. The number of nitrogens with zero attached hydrogens (tertiary/aromatic N) is 1. The van der Waals surface area contributed by atoms with Crippen LogP contribution in [0.2, 0.25) is 0 Å². The molecule has 4 heteroatoms. The summed E-state index contributed by atoms with van der Waals surface area (Å²) in [6, 6.07) is 12.8. The summed E-state index contributed by atoms with van der Waals surface area (Å²) in [6.07, 6.45) is 0. The number of carbonyl (C=O) groups is 1. The van der Waals surface area contributed by atoms with Crippen molar-refractivity contribution in [1.29, 1.82) is 0 Å². The molecule has 25 heavy (non-hydrogen) atoms. The molecule has 4 rings (SSSR count). The predicted molar refractivity (Wildman–Crippen MR) is 93.6 cm³/mol. The first kappa shape index (κ1) is 16.3. The molecule has 2 aromatic rings. The van der Waals surface area contributed by atoms with E-state index in [2.05, 4.69) is 24.8 Å². The molecule has 0 aromatic heterocycles. The number of rotatable bonds is 3. The SMILES string of the molecule is CCOC(=O)C12c3ccccc3C(C(C)C)(c3cc(F)ccc31)N2C. The van der Waals surface area contributed by atoms with Gasteiger partial charge in [-0.25, -0.2) is 9.18 Å². The van der Waals surface area contributed by atoms with Crippen molar-refractivity contribution in [2.45, 2.75) is 31.8 Å². The lowest BCUT2D eigenvalue weighted by atomic mass is 9.68. The smallest absolute Gasteiger partial charge is 0.335 e. The highest BCUT2D eigenvalue weighted by Gasteiger charge is 2.70. The molecule has 0 amide bonds. The van der Waals surface area contributed by atoms with Gasteiger partial charge in [0.2, 0.25) is 0 Å². The van der Waals surface area contributed by atoms with Gasteiger partial charge in [0.05, 0.1) is 12.1 Å². The zero-order valence-corrected chi connectivity index (χ0v) is 15.0. The minimum atomic E-state index is -1.01. The molecule has 3 nitrogen and oxygen atoms in total. The summed E-state index contributed by atoms with van der Waals surface area (Å²) in [5, 5.41) is 0. The number of halogens is 1. The Hall–Kier alpha value is -2.20. The van der Waals surface area contributed by atoms with Gasteiger partial charge in [-0.3, -0.25) is 4.90 Å². The molecule has 2 unspecified atom stereocenters. The molecular weight excluding hydrogens is 317 g/mol. The number of carbonyl (C=O) groups excluding carboxylic acids is 1. The van der Waals surface area contributed by atoms with Crippen LogP contribution in [0.25, 0.3) is 0 Å². The predicted octanol–water partition coefficient (Wildman–Crippen LogP) is 3.79. The summed E-state index contributed by atoms with van der Waals surface area (Å²) in [5.74, 6) is -0.424. The summed E-state index contributed by atoms with van der Waals surface area (Å²) >= 11 is 0. The van der Waals surface area contributed by atoms with E-state index in [0.29, 0.717) is 6.61 Å². The van der Waals surface area contributed by atoms with Gasteiger partial charge in [0.15, 0.2) is 5.54 Å². The molecule has 0 N–H and O–H groups in total. The highest BCUT2D eigenvalue weighted by atomic mass is 19.1. The van der Waals surface area contributed by atoms with Gasteiger partial charge in [0.1, 0.15) is 5.82 Å². The molecule has 2 atom stereocenters. The number of likely N-dealkylation sites (N-methyl/N-ethyl adjacent to an activating group) is 1. The van der Waals surface area contributed by atoms with E-state index in [1.807, 2.05) is 32.2 Å². The van der Waals surface area contributed by atoms with Crippen molar-refractivity contribution in [3.05, 3.63) is 70.5 Å². The lowest BCUT2D eigenvalue weighted by Gasteiger charge is -2.39. The van der Waals surface area contributed by atoms with E-state index in [1.165, 1.54) is 6.07 Å². The van der Waals surface area contributed by atoms with Crippen molar-refractivity contribution in [3.63, 3.8) is 0 Å². The van der Waals surface area contributed by atoms with Crippen molar-refractivity contribution < 1.29 is 13.9 Å². The van der Waals surface area contributed by atoms with Gasteiger partial charge >= 0.3 is 5.97 Å². The Balaban J connectivity index is 2.16. The van der Waals surface area contributed by atoms with Gasteiger partial charge in [0.25, 0.3) is 0 Å². The Morgan fingerprint density at radius 2 is 1.76 bits per heavy atom. The second-order valence-electron chi connectivity index (χ2n) is 7.15. The monoisotopic (exact) mass is 339 g/mol. The summed E-state index contributed by atoms with van der Waals surface area (Å²) in [7, 11) is 1.95. The zero-order chi connectivity index (χ0) is 18.0. The average molecular weight is 339 g/mol. The molecule has 2 aromatic carbocycles. The standard InChI is InChI=1S/C21H22FNO2/c1-5-25-19(24)21-16-9-7-6-8-15(16)20(13(2)3,23(21)4)18-12-14(22)10-11-17(18)21/h6-13H,5H2,1-4H3. The van der Waals surface area contributed by atoms with Crippen molar-refractivity contribution in [2.24, 2.45) is 5.92 Å². The van der Waals surface area contributed by atoms with E-state index >= 15 is 0 Å². The molecule has 2 aliphatic heterocycles. The first-order chi connectivity index (χ1) is 11.9. The van der Waals surface area contributed by atoms with Crippen molar-refractivity contribution in [2.75, 3.05) is 13.7 Å². The Kier molecular flexibility index (Phi) is 3.35. The Labute approximate surface area is 147 Å². The van der Waals surface area contributed by atoms with Crippen LogP contribution < -0.4 is 0 Å². The molecule has 0 spiro atoms. The fourth-order valence-electron chi connectivity index (χ4n) is 5.16. The molecule has 130 valence electrons. The Morgan fingerprint density at radius 3 is 2.40 bits per heavy atom. The van der Waals surface area contributed by atoms with Crippen LogP contribution in [-0.4, -0.2) is 24.5 Å². The third-order valence-corrected chi connectivity index (χ3v) is 5.95. The van der Waals surface area contributed by atoms with E-state index < -0.39 is 11.1 Å². The van der Waals surface area contributed by atoms with Crippen molar-refractivity contribution >= 4 is 5.97 Å². The van der Waals surface area contributed by atoms with Gasteiger partial charge < -0.3 is 4.74 Å². The number of esters is 1. The van der Waals surface area contributed by atoms with Crippen LogP contribution in [0.1, 0.15) is 43.0 Å². The number of ether oxygens (including phenoxy) is 1. The summed E-state index contributed by atoms with van der Waals surface area (Å²) in [6.45, 7) is 6.36. The minimum Gasteiger partial charge on any atom is -0.464 e. The Morgan fingerprint density at radius 1 is 1.12 bits per heavy atom. The number of hydrogen-bond donors (Lipinski definition) is 0. The van der Waals surface area contributed by atoms with E-state index in [0.717, 1.165) is 22.3 Å². The van der Waals surface area contributed by atoms with Crippen LogP contribution in [0.5, 0.6) is 0 Å². The quantitative estimate of drug-likeness (QED) is 0.797. The summed E-state index contributed by atoms with van der Waals surface area (Å²) in [5.41, 5.74) is 2.17. The van der Waals surface area contributed by atoms with Crippen LogP contribution in [0.3, 0.4) is 0 Å². The number of benzene rings is 2. The van der Waals surface area contributed by atoms with Crippen molar-refractivity contribution in [3.8, 4) is 0 Å². The number of fused-ring (bicyclic) bond motifs is 8. The maximum atomic E-state index is 14.2. The molecule has 0 fully saturated rings. The molecule has 2 aliphatic rings. The minimum absolute atomic E-state index is 0.151. The molecule has 0 saturated carbocycles. The van der Waals surface area contributed by atoms with Gasteiger partial charge in [-0.05, 0) is 54.3 Å². The van der Waals surface area contributed by atoms with E-state index in [1.54, 1.807) is 12.1 Å². The molecular formula is C21H22FNO2. The lowest BCUT2D eigenvalue weighted by Crippen LogP contribution is -2.50. The number of hydrogen-bond acceptors (Lipinski definition) is 3. The van der Waals surface area contributed by atoms with E-state index in [4.69, 9.17) is 4.74 Å². The second kappa shape index (κ2) is 5.15. The molecule has 0 saturated heterocycles. The largest absolute Gasteiger partial charge is 0.464 e.